The van der Waals surface area contributed by atoms with Crippen LogP contribution in [0.1, 0.15) is 23.7 Å². The van der Waals surface area contributed by atoms with Crippen LogP contribution in [0.15, 0.2) is 41.7 Å². The van der Waals surface area contributed by atoms with E-state index in [0.29, 0.717) is 11.1 Å². The lowest BCUT2D eigenvalue weighted by molar-refractivity contribution is 0.0942. The summed E-state index contributed by atoms with van der Waals surface area (Å²) in [4.78, 5) is 16.5. The minimum Gasteiger partial charge on any atom is -0.409 e. The smallest absolute Gasteiger partial charge is 0.253 e. The van der Waals surface area contributed by atoms with Gasteiger partial charge in [-0.05, 0) is 19.1 Å². The van der Waals surface area contributed by atoms with Crippen molar-refractivity contribution in [3.8, 4) is 0 Å². The Balaban J connectivity index is 2.20. The fraction of sp³-hybridized carbons (Fsp3) is 0.214. The Hall–Kier alpha value is -2.63. The number of rotatable bonds is 4. The number of aromatic nitrogens is 1. The summed E-state index contributed by atoms with van der Waals surface area (Å²) >= 11 is 0. The van der Waals surface area contributed by atoms with E-state index >= 15 is 0 Å². The SMILES string of the molecule is CC(CC(N)=NO)NC(=O)c1cccc2cccnc12. The minimum atomic E-state index is -0.239. The molecular formula is C14H16N4O2. The van der Waals surface area contributed by atoms with Crippen molar-refractivity contribution in [2.75, 3.05) is 0 Å². The van der Waals surface area contributed by atoms with E-state index in [1.165, 1.54) is 0 Å². The molecule has 20 heavy (non-hydrogen) atoms. The zero-order valence-electron chi connectivity index (χ0n) is 11.1. The number of amidine groups is 1. The van der Waals surface area contributed by atoms with Crippen molar-refractivity contribution < 1.29 is 10.0 Å². The molecule has 1 atom stereocenters. The van der Waals surface area contributed by atoms with E-state index in [1.54, 1.807) is 19.2 Å². The van der Waals surface area contributed by atoms with E-state index < -0.39 is 0 Å². The average Bonchev–Trinajstić information content (AvgIpc) is 2.46. The largest absolute Gasteiger partial charge is 0.409 e. The Morgan fingerprint density at radius 2 is 2.20 bits per heavy atom. The van der Waals surface area contributed by atoms with E-state index in [1.807, 2.05) is 24.3 Å². The van der Waals surface area contributed by atoms with Crippen molar-refractivity contribution in [2.24, 2.45) is 10.9 Å². The number of benzene rings is 1. The molecule has 0 saturated carbocycles. The fourth-order valence-electron chi connectivity index (χ4n) is 1.99. The molecule has 1 amide bonds. The minimum absolute atomic E-state index is 0.0776. The first kappa shape index (κ1) is 13.8. The second kappa shape index (κ2) is 6.01. The van der Waals surface area contributed by atoms with Crippen LogP contribution in [0.5, 0.6) is 0 Å². The summed E-state index contributed by atoms with van der Waals surface area (Å²) in [7, 11) is 0. The third kappa shape index (κ3) is 3.03. The molecule has 2 rings (SSSR count). The summed E-state index contributed by atoms with van der Waals surface area (Å²) in [5.41, 5.74) is 6.58. The van der Waals surface area contributed by atoms with Gasteiger partial charge in [0, 0.05) is 24.0 Å². The number of hydrogen-bond donors (Lipinski definition) is 3. The van der Waals surface area contributed by atoms with Gasteiger partial charge in [-0.3, -0.25) is 9.78 Å². The number of nitrogens with zero attached hydrogens (tertiary/aromatic N) is 2. The summed E-state index contributed by atoms with van der Waals surface area (Å²) in [5.74, 6) is -0.151. The number of carbonyl (C=O) groups is 1. The predicted octanol–water partition coefficient (Wildman–Crippen LogP) is 1.49. The van der Waals surface area contributed by atoms with Crippen LogP contribution in [0, 0.1) is 0 Å². The molecule has 0 fully saturated rings. The van der Waals surface area contributed by atoms with Gasteiger partial charge in [0.2, 0.25) is 0 Å². The van der Waals surface area contributed by atoms with Crippen molar-refractivity contribution >= 4 is 22.6 Å². The molecule has 104 valence electrons. The van der Waals surface area contributed by atoms with Crippen molar-refractivity contribution in [2.45, 2.75) is 19.4 Å². The number of pyridine rings is 1. The first-order valence-corrected chi connectivity index (χ1v) is 6.23. The van der Waals surface area contributed by atoms with E-state index in [-0.39, 0.29) is 24.2 Å². The van der Waals surface area contributed by atoms with Crippen LogP contribution in [0.2, 0.25) is 0 Å². The molecule has 0 aliphatic heterocycles. The zero-order chi connectivity index (χ0) is 14.5. The molecule has 6 heteroatoms. The Morgan fingerprint density at radius 1 is 1.45 bits per heavy atom. The number of hydrogen-bond acceptors (Lipinski definition) is 4. The number of nitrogens with one attached hydrogen (secondary N) is 1. The van der Waals surface area contributed by atoms with Gasteiger partial charge in [-0.1, -0.05) is 23.4 Å². The number of para-hydroxylation sites is 1. The summed E-state index contributed by atoms with van der Waals surface area (Å²) < 4.78 is 0. The molecule has 4 N–H and O–H groups in total. The maximum absolute atomic E-state index is 12.2. The maximum atomic E-state index is 12.2. The number of amides is 1. The first-order chi connectivity index (χ1) is 9.61. The van der Waals surface area contributed by atoms with Crippen LogP contribution in [-0.2, 0) is 0 Å². The van der Waals surface area contributed by atoms with Crippen LogP contribution in [0.3, 0.4) is 0 Å². The van der Waals surface area contributed by atoms with Crippen molar-refractivity contribution in [3.63, 3.8) is 0 Å². The molecule has 0 saturated heterocycles. The highest BCUT2D eigenvalue weighted by Crippen LogP contribution is 2.15. The molecular weight excluding hydrogens is 256 g/mol. The second-order valence-corrected chi connectivity index (χ2v) is 4.55. The highest BCUT2D eigenvalue weighted by atomic mass is 16.4. The number of fused-ring (bicyclic) bond motifs is 1. The van der Waals surface area contributed by atoms with Gasteiger partial charge in [-0.2, -0.15) is 0 Å². The Bertz CT molecular complexity index is 649. The summed E-state index contributed by atoms with van der Waals surface area (Å²) in [6.07, 6.45) is 1.93. The Morgan fingerprint density at radius 3 is 2.95 bits per heavy atom. The lowest BCUT2D eigenvalue weighted by atomic mass is 10.1. The van der Waals surface area contributed by atoms with Gasteiger partial charge in [-0.25, -0.2) is 0 Å². The van der Waals surface area contributed by atoms with E-state index in [4.69, 9.17) is 10.9 Å². The van der Waals surface area contributed by atoms with Crippen LogP contribution in [-0.4, -0.2) is 28.0 Å². The van der Waals surface area contributed by atoms with Crippen molar-refractivity contribution in [1.29, 1.82) is 0 Å². The molecule has 0 spiro atoms. The molecule has 0 aliphatic carbocycles. The standard InChI is InChI=1S/C14H16N4O2/c1-9(8-12(15)18-20)17-14(19)11-6-2-4-10-5-3-7-16-13(10)11/h2-7,9,20H,8H2,1H3,(H2,15,18)(H,17,19). The summed E-state index contributed by atoms with van der Waals surface area (Å²) in [5, 5.41) is 15.1. The monoisotopic (exact) mass is 272 g/mol. The number of carbonyl (C=O) groups excluding carboxylic acids is 1. The molecule has 1 heterocycles. The molecule has 1 aromatic carbocycles. The maximum Gasteiger partial charge on any atom is 0.253 e. The third-order valence-electron chi connectivity index (χ3n) is 2.90. The summed E-state index contributed by atoms with van der Waals surface area (Å²) in [6.45, 7) is 1.79. The topological polar surface area (TPSA) is 101 Å². The number of nitrogens with two attached hydrogens (primary N) is 1. The first-order valence-electron chi connectivity index (χ1n) is 6.23. The lowest BCUT2D eigenvalue weighted by Crippen LogP contribution is -2.35. The number of oxime groups is 1. The van der Waals surface area contributed by atoms with Gasteiger partial charge >= 0.3 is 0 Å². The van der Waals surface area contributed by atoms with Gasteiger partial charge in [0.1, 0.15) is 5.84 Å². The highest BCUT2D eigenvalue weighted by molar-refractivity contribution is 6.05. The molecule has 0 radical (unpaired) electrons. The van der Waals surface area contributed by atoms with Gasteiger partial charge in [0.25, 0.3) is 5.91 Å². The molecule has 0 bridgehead atoms. The fourth-order valence-corrected chi connectivity index (χ4v) is 1.99. The molecule has 2 aromatic rings. The van der Waals surface area contributed by atoms with E-state index in [2.05, 4.69) is 15.5 Å². The van der Waals surface area contributed by atoms with Gasteiger partial charge in [0.05, 0.1) is 11.1 Å². The van der Waals surface area contributed by atoms with Crippen molar-refractivity contribution in [3.05, 3.63) is 42.1 Å². The molecule has 0 aliphatic rings. The van der Waals surface area contributed by atoms with E-state index in [9.17, 15) is 4.79 Å². The highest BCUT2D eigenvalue weighted by Gasteiger charge is 2.14. The Kier molecular flexibility index (Phi) is 4.14. The van der Waals surface area contributed by atoms with Gasteiger partial charge in [-0.15, -0.1) is 0 Å². The lowest BCUT2D eigenvalue weighted by Gasteiger charge is -2.13. The zero-order valence-corrected chi connectivity index (χ0v) is 11.1. The quantitative estimate of drug-likeness (QED) is 0.340. The van der Waals surface area contributed by atoms with Gasteiger partial charge in [0.15, 0.2) is 0 Å². The van der Waals surface area contributed by atoms with Crippen LogP contribution in [0.4, 0.5) is 0 Å². The normalized spacial score (nSPS) is 13.2. The average molecular weight is 272 g/mol. The molecule has 6 nitrogen and oxygen atoms in total. The summed E-state index contributed by atoms with van der Waals surface area (Å²) in [6, 6.07) is 8.93. The van der Waals surface area contributed by atoms with E-state index in [0.717, 1.165) is 5.39 Å². The predicted molar refractivity (Wildman–Crippen MR) is 76.7 cm³/mol. The third-order valence-corrected chi connectivity index (χ3v) is 2.90. The van der Waals surface area contributed by atoms with Crippen LogP contribution in [0.25, 0.3) is 10.9 Å². The van der Waals surface area contributed by atoms with Crippen LogP contribution < -0.4 is 11.1 Å². The second-order valence-electron chi connectivity index (χ2n) is 4.55. The Labute approximate surface area is 116 Å². The van der Waals surface area contributed by atoms with Crippen LogP contribution >= 0.6 is 0 Å². The molecule has 1 unspecified atom stereocenters. The van der Waals surface area contributed by atoms with Crippen molar-refractivity contribution in [1.82, 2.24) is 10.3 Å². The van der Waals surface area contributed by atoms with Gasteiger partial charge < -0.3 is 16.3 Å². The molecule has 1 aromatic heterocycles.